The highest BCUT2D eigenvalue weighted by atomic mass is 79.9. The zero-order valence-electron chi connectivity index (χ0n) is 9.98. The number of alkyl halides is 1. The van der Waals surface area contributed by atoms with Crippen LogP contribution in [0.1, 0.15) is 5.56 Å². The highest BCUT2D eigenvalue weighted by Crippen LogP contribution is 2.32. The van der Waals surface area contributed by atoms with Gasteiger partial charge < -0.3 is 4.74 Å². The fourth-order valence-corrected chi connectivity index (χ4v) is 2.26. The molecular formula is C13H8BrClFNO3. The van der Waals surface area contributed by atoms with Crippen molar-refractivity contribution in [3.8, 4) is 11.5 Å². The monoisotopic (exact) mass is 359 g/mol. The van der Waals surface area contributed by atoms with Gasteiger partial charge in [0, 0.05) is 16.1 Å². The van der Waals surface area contributed by atoms with Crippen LogP contribution in [0.15, 0.2) is 40.9 Å². The molecule has 0 aliphatic carbocycles. The summed E-state index contributed by atoms with van der Waals surface area (Å²) in [4.78, 5) is 10.3. The van der Waals surface area contributed by atoms with Gasteiger partial charge in [0.05, 0.1) is 16.9 Å². The van der Waals surface area contributed by atoms with E-state index in [1.54, 1.807) is 6.07 Å². The molecule has 2 rings (SSSR count). The lowest BCUT2D eigenvalue weighted by Gasteiger charge is -2.10. The van der Waals surface area contributed by atoms with Crippen molar-refractivity contribution < 1.29 is 14.1 Å². The van der Waals surface area contributed by atoms with Crippen LogP contribution in [0.4, 0.5) is 10.1 Å². The van der Waals surface area contributed by atoms with Crippen molar-refractivity contribution in [2.24, 2.45) is 0 Å². The van der Waals surface area contributed by atoms with Gasteiger partial charge in [0.15, 0.2) is 0 Å². The minimum atomic E-state index is -0.523. The molecule has 0 aromatic heterocycles. The number of nitro groups is 1. The summed E-state index contributed by atoms with van der Waals surface area (Å²) in [6.45, 7) is 0. The molecule has 0 aliphatic rings. The van der Waals surface area contributed by atoms with Gasteiger partial charge in [-0.05, 0) is 24.3 Å². The van der Waals surface area contributed by atoms with Crippen LogP contribution < -0.4 is 4.74 Å². The van der Waals surface area contributed by atoms with E-state index in [0.717, 1.165) is 0 Å². The van der Waals surface area contributed by atoms with Crippen LogP contribution in [0.2, 0.25) is 0 Å². The average Bonchev–Trinajstić information content (AvgIpc) is 2.40. The van der Waals surface area contributed by atoms with E-state index < -0.39 is 10.7 Å². The molecule has 2 aromatic rings. The summed E-state index contributed by atoms with van der Waals surface area (Å²) in [7, 11) is 0. The highest BCUT2D eigenvalue weighted by molar-refractivity contribution is 9.10. The first-order valence-corrected chi connectivity index (χ1v) is 6.79. The maximum Gasteiger partial charge on any atom is 0.274 e. The number of rotatable bonds is 4. The van der Waals surface area contributed by atoms with Crippen LogP contribution in [0.5, 0.6) is 11.5 Å². The van der Waals surface area contributed by atoms with Crippen LogP contribution in [0.3, 0.4) is 0 Å². The minimum Gasteiger partial charge on any atom is -0.457 e. The molecular weight excluding hydrogens is 353 g/mol. The van der Waals surface area contributed by atoms with Gasteiger partial charge in [-0.15, -0.1) is 11.6 Å². The molecule has 0 atom stereocenters. The predicted molar refractivity (Wildman–Crippen MR) is 76.8 cm³/mol. The number of benzene rings is 2. The Morgan fingerprint density at radius 2 is 2.05 bits per heavy atom. The standard InChI is InChI=1S/C13H8BrClFNO3/c14-9-4-11(17(18)19)6-12(5-9)20-13-2-1-10(16)3-8(13)7-15/h1-6H,7H2. The molecule has 0 aliphatic heterocycles. The number of nitrogens with zero attached hydrogens (tertiary/aromatic N) is 1. The van der Waals surface area contributed by atoms with E-state index in [1.807, 2.05) is 0 Å². The zero-order valence-corrected chi connectivity index (χ0v) is 12.3. The van der Waals surface area contributed by atoms with E-state index in [-0.39, 0.29) is 17.3 Å². The first-order chi connectivity index (χ1) is 9.49. The van der Waals surface area contributed by atoms with Gasteiger partial charge in [-0.2, -0.15) is 0 Å². The van der Waals surface area contributed by atoms with Crippen molar-refractivity contribution in [3.05, 3.63) is 62.4 Å². The summed E-state index contributed by atoms with van der Waals surface area (Å²) in [5.41, 5.74) is 0.359. The van der Waals surface area contributed by atoms with E-state index in [2.05, 4.69) is 15.9 Å². The number of nitro benzene ring substituents is 1. The Hall–Kier alpha value is -1.66. The Balaban J connectivity index is 2.37. The molecule has 0 N–H and O–H groups in total. The quantitative estimate of drug-likeness (QED) is 0.436. The van der Waals surface area contributed by atoms with Crippen molar-refractivity contribution in [1.29, 1.82) is 0 Å². The number of hydrogen-bond acceptors (Lipinski definition) is 3. The molecule has 104 valence electrons. The summed E-state index contributed by atoms with van der Waals surface area (Å²) in [6.07, 6.45) is 0. The SMILES string of the molecule is O=[N+]([O-])c1cc(Br)cc(Oc2ccc(F)cc2CCl)c1. The van der Waals surface area contributed by atoms with Crippen LogP contribution in [0, 0.1) is 15.9 Å². The van der Waals surface area contributed by atoms with Gasteiger partial charge in [-0.1, -0.05) is 15.9 Å². The third kappa shape index (κ3) is 3.46. The van der Waals surface area contributed by atoms with Gasteiger partial charge in [0.2, 0.25) is 0 Å². The first-order valence-electron chi connectivity index (χ1n) is 5.47. The second-order valence-corrected chi connectivity index (χ2v) is 5.07. The van der Waals surface area contributed by atoms with Crippen molar-refractivity contribution in [3.63, 3.8) is 0 Å². The maximum absolute atomic E-state index is 13.1. The van der Waals surface area contributed by atoms with E-state index >= 15 is 0 Å². The van der Waals surface area contributed by atoms with Crippen LogP contribution in [-0.4, -0.2) is 4.92 Å². The summed E-state index contributed by atoms with van der Waals surface area (Å²) in [5, 5.41) is 10.8. The maximum atomic E-state index is 13.1. The lowest BCUT2D eigenvalue weighted by Crippen LogP contribution is -1.93. The largest absolute Gasteiger partial charge is 0.457 e. The van der Waals surface area contributed by atoms with Gasteiger partial charge in [0.25, 0.3) is 5.69 Å². The molecule has 0 radical (unpaired) electrons. The molecule has 0 amide bonds. The van der Waals surface area contributed by atoms with Gasteiger partial charge in [-0.25, -0.2) is 4.39 Å². The Bertz CT molecular complexity index is 666. The molecule has 0 heterocycles. The molecule has 4 nitrogen and oxygen atoms in total. The Morgan fingerprint density at radius 1 is 1.30 bits per heavy atom. The van der Waals surface area contributed by atoms with Crippen molar-refractivity contribution in [1.82, 2.24) is 0 Å². The molecule has 20 heavy (non-hydrogen) atoms. The second kappa shape index (κ2) is 6.19. The molecule has 0 saturated heterocycles. The topological polar surface area (TPSA) is 52.4 Å². The van der Waals surface area contributed by atoms with Crippen LogP contribution >= 0.6 is 27.5 Å². The second-order valence-electron chi connectivity index (χ2n) is 3.89. The smallest absolute Gasteiger partial charge is 0.274 e. The summed E-state index contributed by atoms with van der Waals surface area (Å²) >= 11 is 8.89. The highest BCUT2D eigenvalue weighted by Gasteiger charge is 2.12. The normalized spacial score (nSPS) is 10.3. The lowest BCUT2D eigenvalue weighted by molar-refractivity contribution is -0.385. The summed E-state index contributed by atoms with van der Waals surface area (Å²) in [6, 6.07) is 8.15. The van der Waals surface area contributed by atoms with Crippen LogP contribution in [-0.2, 0) is 5.88 Å². The predicted octanol–water partition coefficient (Wildman–Crippen LogP) is 5.03. The zero-order chi connectivity index (χ0) is 14.7. The van der Waals surface area contributed by atoms with Crippen LogP contribution in [0.25, 0.3) is 0 Å². The van der Waals surface area contributed by atoms with E-state index in [0.29, 0.717) is 15.8 Å². The summed E-state index contributed by atoms with van der Waals surface area (Å²) < 4.78 is 19.1. The molecule has 7 heteroatoms. The van der Waals surface area contributed by atoms with E-state index in [9.17, 15) is 14.5 Å². The fraction of sp³-hybridized carbons (Fsp3) is 0.0769. The average molecular weight is 361 g/mol. The Morgan fingerprint density at radius 3 is 2.70 bits per heavy atom. The minimum absolute atomic E-state index is 0.0726. The third-order valence-electron chi connectivity index (χ3n) is 2.46. The molecule has 0 unspecified atom stereocenters. The molecule has 0 fully saturated rings. The van der Waals surface area contributed by atoms with Crippen molar-refractivity contribution in [2.45, 2.75) is 5.88 Å². The van der Waals surface area contributed by atoms with E-state index in [1.165, 1.54) is 30.3 Å². The lowest BCUT2D eigenvalue weighted by atomic mass is 10.2. The molecule has 0 bridgehead atoms. The number of halogens is 3. The number of hydrogen-bond donors (Lipinski definition) is 0. The van der Waals surface area contributed by atoms with Gasteiger partial charge >= 0.3 is 0 Å². The first kappa shape index (κ1) is 14.7. The molecule has 2 aromatic carbocycles. The van der Waals surface area contributed by atoms with Gasteiger partial charge in [-0.3, -0.25) is 10.1 Å². The molecule has 0 saturated carbocycles. The Kier molecular flexibility index (Phi) is 4.57. The Labute approximate surface area is 127 Å². The number of ether oxygens (including phenoxy) is 1. The van der Waals surface area contributed by atoms with Crippen molar-refractivity contribution >= 4 is 33.2 Å². The third-order valence-corrected chi connectivity index (χ3v) is 3.21. The molecule has 0 spiro atoms. The van der Waals surface area contributed by atoms with Gasteiger partial charge in [0.1, 0.15) is 17.3 Å². The van der Waals surface area contributed by atoms with E-state index in [4.69, 9.17) is 16.3 Å². The fourth-order valence-electron chi connectivity index (χ4n) is 1.59. The number of non-ortho nitro benzene ring substituents is 1. The summed E-state index contributed by atoms with van der Waals surface area (Å²) in [5.74, 6) is 0.273. The van der Waals surface area contributed by atoms with Crippen molar-refractivity contribution in [2.75, 3.05) is 0 Å².